The van der Waals surface area contributed by atoms with Crippen molar-refractivity contribution in [2.75, 3.05) is 14.7 Å². The van der Waals surface area contributed by atoms with Gasteiger partial charge in [-0.25, -0.2) is 0 Å². The van der Waals surface area contributed by atoms with Crippen molar-refractivity contribution >= 4 is 68.0 Å². The van der Waals surface area contributed by atoms with Crippen LogP contribution < -0.4 is 14.7 Å². The molecule has 0 N–H and O–H groups in total. The minimum Gasteiger partial charge on any atom is -0.311 e. The summed E-state index contributed by atoms with van der Waals surface area (Å²) in [6.45, 7) is 0. The van der Waals surface area contributed by atoms with Gasteiger partial charge in [0.1, 0.15) is 0 Å². The van der Waals surface area contributed by atoms with Gasteiger partial charge in [-0.2, -0.15) is 0 Å². The molecule has 0 amide bonds. The van der Waals surface area contributed by atoms with Crippen molar-refractivity contribution in [2.45, 2.75) is 44.4 Å². The van der Waals surface area contributed by atoms with Gasteiger partial charge < -0.3 is 14.7 Å². The maximum absolute atomic E-state index is 2.47. The van der Waals surface area contributed by atoms with Crippen LogP contribution in [0, 0.1) is 0 Å². The Labute approximate surface area is 437 Å². The molecular weight excluding hydrogens is 895 g/mol. The van der Waals surface area contributed by atoms with Crippen LogP contribution >= 0.6 is 0 Å². The SMILES string of the molecule is C1=CC(C(CCc2ccccc2)c2ccc(N(c3ccc(-c4ccc(N(c5ccc(N(c6ccccc6)c6ccccc6)cc5)c5cccc6ccccc56)cc4)cc3)c3cccc4c3CCC=C4)cc2)=CCC1. The molecule has 2 aliphatic carbocycles. The van der Waals surface area contributed by atoms with Crippen LogP contribution in [0.25, 0.3) is 28.0 Å². The van der Waals surface area contributed by atoms with E-state index < -0.39 is 0 Å². The molecule has 1 unspecified atom stereocenters. The molecule has 0 aromatic heterocycles. The zero-order valence-corrected chi connectivity index (χ0v) is 41.7. The summed E-state index contributed by atoms with van der Waals surface area (Å²) in [5.74, 6) is 0.338. The zero-order chi connectivity index (χ0) is 49.5. The Bertz CT molecular complexity index is 3530. The van der Waals surface area contributed by atoms with Crippen LogP contribution in [0.3, 0.4) is 0 Å². The van der Waals surface area contributed by atoms with E-state index in [4.69, 9.17) is 0 Å². The Morgan fingerprint density at radius 2 is 0.851 bits per heavy atom. The Balaban J connectivity index is 0.869. The standard InChI is InChI=1S/C71H59N3/c1-5-19-53(20-6-1)35-52-67(56-21-7-2-8-22-56)59-40-46-65(47-41-59)73(70-33-17-25-57-23-13-15-31-68(57)70)63-42-36-54(37-43-63)55-38-44-64(45-39-55)74(71-34-18-26-58-24-14-16-32-69(58)71)66-50-48-62(49-51-66)72(60-27-9-3-10-28-60)61-29-11-4-12-30-61/h1,3-7,9-14,16-30,32-34,36-51,67H,2,8,15,31,35,52H2. The summed E-state index contributed by atoms with van der Waals surface area (Å²) in [7, 11) is 0. The minimum atomic E-state index is 0.338. The van der Waals surface area contributed by atoms with Gasteiger partial charge in [-0.15, -0.1) is 0 Å². The van der Waals surface area contributed by atoms with Gasteiger partial charge >= 0.3 is 0 Å². The minimum absolute atomic E-state index is 0.338. The van der Waals surface area contributed by atoms with Gasteiger partial charge in [-0.3, -0.25) is 0 Å². The van der Waals surface area contributed by atoms with E-state index in [9.17, 15) is 0 Å². The van der Waals surface area contributed by atoms with E-state index in [0.717, 1.165) is 84.0 Å². The highest BCUT2D eigenvalue weighted by Gasteiger charge is 2.23. The van der Waals surface area contributed by atoms with Crippen LogP contribution in [0.15, 0.2) is 279 Å². The van der Waals surface area contributed by atoms with Gasteiger partial charge in [0.05, 0.1) is 5.69 Å². The van der Waals surface area contributed by atoms with Crippen molar-refractivity contribution in [3.63, 3.8) is 0 Å². The number of nitrogens with zero attached hydrogens (tertiary/aromatic N) is 3. The summed E-state index contributed by atoms with van der Waals surface area (Å²) >= 11 is 0. The van der Waals surface area contributed by atoms with Gasteiger partial charge in [0.2, 0.25) is 0 Å². The molecular formula is C71H59N3. The average molecular weight is 954 g/mol. The molecule has 2 aliphatic rings. The van der Waals surface area contributed by atoms with Crippen LogP contribution in [-0.4, -0.2) is 0 Å². The summed E-state index contributed by atoms with van der Waals surface area (Å²) in [5, 5.41) is 2.41. The lowest BCUT2D eigenvalue weighted by Gasteiger charge is -2.30. The molecule has 0 bridgehead atoms. The second-order valence-electron chi connectivity index (χ2n) is 19.4. The van der Waals surface area contributed by atoms with Crippen molar-refractivity contribution in [1.29, 1.82) is 0 Å². The van der Waals surface area contributed by atoms with Crippen molar-refractivity contribution in [2.24, 2.45) is 0 Å². The van der Waals surface area contributed by atoms with Crippen LogP contribution in [0.5, 0.6) is 0 Å². The fourth-order valence-corrected chi connectivity index (χ4v) is 11.1. The first-order valence-corrected chi connectivity index (χ1v) is 26.3. The smallest absolute Gasteiger partial charge is 0.0540 e. The Kier molecular flexibility index (Phi) is 13.4. The fraction of sp³-hybridized carbons (Fsp3) is 0.0986. The maximum Gasteiger partial charge on any atom is 0.0540 e. The highest BCUT2D eigenvalue weighted by atomic mass is 15.2. The number of hydrogen-bond donors (Lipinski definition) is 0. The van der Waals surface area contributed by atoms with Crippen molar-refractivity contribution in [1.82, 2.24) is 0 Å². The molecule has 0 spiro atoms. The number of rotatable bonds is 15. The number of allylic oxidation sites excluding steroid dienone is 5. The molecule has 1 atom stereocenters. The van der Waals surface area contributed by atoms with Crippen molar-refractivity contribution in [3.05, 3.63) is 301 Å². The highest BCUT2D eigenvalue weighted by Crippen LogP contribution is 2.44. The quantitative estimate of drug-likeness (QED) is 0.101. The largest absolute Gasteiger partial charge is 0.311 e. The lowest BCUT2D eigenvalue weighted by Crippen LogP contribution is -2.14. The lowest BCUT2D eigenvalue weighted by molar-refractivity contribution is 0.706. The van der Waals surface area contributed by atoms with Crippen molar-refractivity contribution in [3.8, 4) is 11.1 Å². The fourth-order valence-electron chi connectivity index (χ4n) is 11.1. The third-order valence-corrected chi connectivity index (χ3v) is 14.8. The van der Waals surface area contributed by atoms with E-state index >= 15 is 0 Å². The van der Waals surface area contributed by atoms with Crippen molar-refractivity contribution < 1.29 is 0 Å². The summed E-state index contributed by atoms with van der Waals surface area (Å²) in [4.78, 5) is 7.17. The molecule has 0 heterocycles. The molecule has 0 saturated carbocycles. The Morgan fingerprint density at radius 1 is 0.365 bits per heavy atom. The summed E-state index contributed by atoms with van der Waals surface area (Å²) in [6, 6.07) is 90.8. The third kappa shape index (κ3) is 9.73. The van der Waals surface area contributed by atoms with Crippen LogP contribution in [0.2, 0.25) is 0 Å². The molecule has 3 heteroatoms. The average Bonchev–Trinajstić information content (AvgIpc) is 3.48. The number of para-hydroxylation sites is 2. The van der Waals surface area contributed by atoms with Gasteiger partial charge in [-0.1, -0.05) is 182 Å². The monoisotopic (exact) mass is 953 g/mol. The zero-order valence-electron chi connectivity index (χ0n) is 41.7. The predicted octanol–water partition coefficient (Wildman–Crippen LogP) is 19.9. The number of fused-ring (bicyclic) bond motifs is 2. The summed E-state index contributed by atoms with van der Waals surface area (Å²) in [5.41, 5.74) is 19.4. The highest BCUT2D eigenvalue weighted by molar-refractivity contribution is 5.99. The van der Waals surface area contributed by atoms with E-state index in [1.165, 1.54) is 55.4 Å². The first-order chi connectivity index (χ1) is 36.7. The molecule has 358 valence electrons. The van der Waals surface area contributed by atoms with E-state index in [0.29, 0.717) is 5.92 Å². The first-order valence-electron chi connectivity index (χ1n) is 26.3. The molecule has 74 heavy (non-hydrogen) atoms. The molecule has 3 nitrogen and oxygen atoms in total. The molecule has 0 radical (unpaired) electrons. The molecule has 0 saturated heterocycles. The topological polar surface area (TPSA) is 9.72 Å². The summed E-state index contributed by atoms with van der Waals surface area (Å²) < 4.78 is 0. The Morgan fingerprint density at radius 3 is 1.47 bits per heavy atom. The van der Waals surface area contributed by atoms with E-state index in [-0.39, 0.29) is 0 Å². The lowest BCUT2D eigenvalue weighted by atomic mass is 9.83. The number of hydrogen-bond acceptors (Lipinski definition) is 3. The maximum atomic E-state index is 2.47. The Hall–Kier alpha value is -8.92. The number of benzene rings is 10. The van der Waals surface area contributed by atoms with E-state index in [1.807, 2.05) is 0 Å². The molecule has 0 fully saturated rings. The van der Waals surface area contributed by atoms with Crippen LogP contribution in [-0.2, 0) is 12.8 Å². The number of anilines is 9. The van der Waals surface area contributed by atoms with Gasteiger partial charge in [0.15, 0.2) is 0 Å². The van der Waals surface area contributed by atoms with Gasteiger partial charge in [-0.05, 0) is 180 Å². The predicted molar refractivity (Wildman–Crippen MR) is 315 cm³/mol. The van der Waals surface area contributed by atoms with Gasteiger partial charge in [0.25, 0.3) is 0 Å². The van der Waals surface area contributed by atoms with Crippen LogP contribution in [0.1, 0.15) is 53.9 Å². The van der Waals surface area contributed by atoms with E-state index in [1.54, 1.807) is 0 Å². The summed E-state index contributed by atoms with van der Waals surface area (Å²) in [6.07, 6.45) is 18.2. The second-order valence-corrected chi connectivity index (χ2v) is 19.4. The molecule has 12 rings (SSSR count). The third-order valence-electron chi connectivity index (χ3n) is 14.8. The molecule has 10 aromatic rings. The molecule has 10 aromatic carbocycles. The first kappa shape index (κ1) is 46.2. The van der Waals surface area contributed by atoms with E-state index in [2.05, 4.69) is 294 Å². The number of aryl methyl sites for hydroxylation is 1. The normalized spacial score (nSPS) is 13.2. The molecule has 0 aliphatic heterocycles. The second kappa shape index (κ2) is 21.4. The van der Waals surface area contributed by atoms with Gasteiger partial charge in [0, 0.05) is 56.8 Å². The van der Waals surface area contributed by atoms with Crippen LogP contribution in [0.4, 0.5) is 51.2 Å².